The fraction of sp³-hybridized carbons (Fsp3) is 0.406. The molecule has 0 saturated heterocycles. The molecule has 0 radical (unpaired) electrons. The second kappa shape index (κ2) is 15.2. The quantitative estimate of drug-likeness (QED) is 0.159. The van der Waals surface area contributed by atoms with Crippen LogP contribution in [-0.4, -0.2) is 72.6 Å². The first-order chi connectivity index (χ1) is 20.9. The Hall–Kier alpha value is -4.35. The highest BCUT2D eigenvalue weighted by atomic mass is 16.5. The van der Waals surface area contributed by atoms with Crippen LogP contribution in [0.2, 0.25) is 0 Å². The molecule has 1 aliphatic heterocycles. The number of nitrogens with zero attached hydrogens (tertiary/aromatic N) is 4. The first kappa shape index (κ1) is 31.6. The zero-order chi connectivity index (χ0) is 30.8. The van der Waals surface area contributed by atoms with Gasteiger partial charge in [0, 0.05) is 62.4 Å². The van der Waals surface area contributed by atoms with Crippen molar-refractivity contribution in [1.82, 2.24) is 20.4 Å². The Bertz CT molecular complexity index is 1480. The number of fused-ring (bicyclic) bond motifs is 1. The van der Waals surface area contributed by atoms with Crippen LogP contribution in [0.25, 0.3) is 10.9 Å². The molecule has 1 amide bonds. The molecule has 4 rings (SSSR count). The minimum atomic E-state index is -0.295. The summed E-state index contributed by atoms with van der Waals surface area (Å²) in [5, 5.41) is 28.0. The number of methoxy groups -OCH3 is 1. The molecule has 43 heavy (non-hydrogen) atoms. The number of nitrogens with one attached hydrogen (secondary N) is 4. The third-order valence-corrected chi connectivity index (χ3v) is 7.49. The van der Waals surface area contributed by atoms with Crippen molar-refractivity contribution in [3.63, 3.8) is 0 Å². The number of benzene rings is 2. The molecule has 5 N–H and O–H groups in total. The molecule has 0 fully saturated rings. The maximum absolute atomic E-state index is 12.5. The van der Waals surface area contributed by atoms with Crippen LogP contribution in [0.5, 0.6) is 5.75 Å². The SMILES string of the molecule is C=CC(=O)Nc1cc(NC2=CC(c3ccc4c(cnn4C)c3)=NCN2)c(OC)cc1N(CCC)CCNC(CC)CCO. The van der Waals surface area contributed by atoms with Crippen LogP contribution in [0.4, 0.5) is 17.1 Å². The van der Waals surface area contributed by atoms with Crippen molar-refractivity contribution in [2.24, 2.45) is 12.0 Å². The second-order valence-corrected chi connectivity index (χ2v) is 10.4. The van der Waals surface area contributed by atoms with Crippen LogP contribution in [0.1, 0.15) is 38.7 Å². The summed E-state index contributed by atoms with van der Waals surface area (Å²) in [7, 11) is 3.56. The fourth-order valence-electron chi connectivity index (χ4n) is 5.18. The van der Waals surface area contributed by atoms with Gasteiger partial charge in [0.05, 0.1) is 41.6 Å². The summed E-state index contributed by atoms with van der Waals surface area (Å²) < 4.78 is 7.69. The van der Waals surface area contributed by atoms with Crippen molar-refractivity contribution in [1.29, 1.82) is 0 Å². The number of aliphatic hydroxyl groups is 1. The van der Waals surface area contributed by atoms with E-state index in [-0.39, 0.29) is 18.6 Å². The molecule has 230 valence electrons. The van der Waals surface area contributed by atoms with Gasteiger partial charge in [-0.15, -0.1) is 0 Å². The maximum Gasteiger partial charge on any atom is 0.247 e. The zero-order valence-corrected chi connectivity index (χ0v) is 25.6. The zero-order valence-electron chi connectivity index (χ0n) is 25.6. The van der Waals surface area contributed by atoms with Crippen LogP contribution < -0.4 is 30.9 Å². The lowest BCUT2D eigenvalue weighted by molar-refractivity contribution is -0.111. The molecule has 0 aliphatic carbocycles. The van der Waals surface area contributed by atoms with Crippen molar-refractivity contribution >= 4 is 39.6 Å². The van der Waals surface area contributed by atoms with E-state index in [0.29, 0.717) is 30.2 Å². The average Bonchev–Trinajstić information content (AvgIpc) is 3.40. The lowest BCUT2D eigenvalue weighted by Crippen LogP contribution is -2.38. The van der Waals surface area contributed by atoms with Crippen molar-refractivity contribution in [2.75, 3.05) is 55.6 Å². The Morgan fingerprint density at radius 2 is 2.09 bits per heavy atom. The van der Waals surface area contributed by atoms with E-state index in [9.17, 15) is 9.90 Å². The molecular formula is C32H44N8O3. The van der Waals surface area contributed by atoms with E-state index in [1.807, 2.05) is 48.3 Å². The number of hydrogen-bond donors (Lipinski definition) is 5. The largest absolute Gasteiger partial charge is 0.494 e. The molecule has 1 atom stereocenters. The Kier molecular flexibility index (Phi) is 11.2. The third-order valence-electron chi connectivity index (χ3n) is 7.49. The number of anilines is 3. The standard InChI is InChI=1S/C32H44N8O3/c1-6-13-40(14-12-33-24(7-2)11-15-41)29-19-30(43-5)27(17-26(29)38-32(42)8-3)37-31-18-25(34-21-35-31)22-9-10-28-23(16-22)20-36-39(28)4/h8-10,16-20,24,33,35,37,41H,3,6-7,11-15,21H2,1-2,4-5H3,(H,38,42). The Labute approximate surface area is 253 Å². The maximum atomic E-state index is 12.5. The highest BCUT2D eigenvalue weighted by molar-refractivity contribution is 6.11. The van der Waals surface area contributed by atoms with Crippen LogP contribution in [0.15, 0.2) is 66.1 Å². The number of aliphatic hydroxyl groups excluding tert-OH is 1. The molecular weight excluding hydrogens is 544 g/mol. The number of carbonyl (C=O) groups is 1. The predicted octanol–water partition coefficient (Wildman–Crippen LogP) is 3.98. The molecule has 2 heterocycles. The highest BCUT2D eigenvalue weighted by Crippen LogP contribution is 2.38. The summed E-state index contributed by atoms with van der Waals surface area (Å²) in [6.07, 6.45) is 7.66. The summed E-state index contributed by atoms with van der Waals surface area (Å²) in [4.78, 5) is 19.4. The van der Waals surface area contributed by atoms with Gasteiger partial charge in [-0.05, 0) is 43.5 Å². The molecule has 1 aromatic heterocycles. The summed E-state index contributed by atoms with van der Waals surface area (Å²) in [5.74, 6) is 1.10. The molecule has 3 aromatic rings. The number of allylic oxidation sites excluding steroid dienone is 1. The number of aliphatic imine (C=N–C) groups is 1. The number of ether oxygens (including phenoxy) is 1. The first-order valence-electron chi connectivity index (χ1n) is 14.8. The van der Waals surface area contributed by atoms with Gasteiger partial charge in [0.15, 0.2) is 0 Å². The summed E-state index contributed by atoms with van der Waals surface area (Å²) in [6.45, 7) is 10.7. The average molecular weight is 589 g/mol. The fourth-order valence-corrected chi connectivity index (χ4v) is 5.18. The van der Waals surface area contributed by atoms with Gasteiger partial charge in [0.2, 0.25) is 5.91 Å². The van der Waals surface area contributed by atoms with Crippen molar-refractivity contribution < 1.29 is 14.6 Å². The van der Waals surface area contributed by atoms with E-state index >= 15 is 0 Å². The van der Waals surface area contributed by atoms with Gasteiger partial charge in [-0.1, -0.05) is 26.5 Å². The van der Waals surface area contributed by atoms with Crippen LogP contribution in [-0.2, 0) is 11.8 Å². The van der Waals surface area contributed by atoms with Gasteiger partial charge in [-0.25, -0.2) is 0 Å². The Balaban J connectivity index is 1.62. The van der Waals surface area contributed by atoms with E-state index in [0.717, 1.165) is 66.2 Å². The van der Waals surface area contributed by atoms with E-state index in [2.05, 4.69) is 62.8 Å². The van der Waals surface area contributed by atoms with Crippen LogP contribution in [0.3, 0.4) is 0 Å². The van der Waals surface area contributed by atoms with E-state index in [1.54, 1.807) is 7.11 Å². The predicted molar refractivity (Wildman–Crippen MR) is 175 cm³/mol. The normalized spacial score (nSPS) is 13.5. The summed E-state index contributed by atoms with van der Waals surface area (Å²) in [5.41, 5.74) is 5.09. The van der Waals surface area contributed by atoms with Crippen molar-refractivity contribution in [2.45, 2.75) is 39.2 Å². The summed E-state index contributed by atoms with van der Waals surface area (Å²) >= 11 is 0. The molecule has 2 aromatic carbocycles. The topological polar surface area (TPSA) is 128 Å². The van der Waals surface area contributed by atoms with E-state index in [1.165, 1.54) is 6.08 Å². The Morgan fingerprint density at radius 1 is 1.26 bits per heavy atom. The number of aromatic nitrogens is 2. The molecule has 1 aliphatic rings. The lowest BCUT2D eigenvalue weighted by Gasteiger charge is -2.29. The van der Waals surface area contributed by atoms with Crippen LogP contribution >= 0.6 is 0 Å². The Morgan fingerprint density at radius 3 is 2.81 bits per heavy atom. The van der Waals surface area contributed by atoms with Crippen LogP contribution in [0, 0.1) is 0 Å². The van der Waals surface area contributed by atoms with Crippen molar-refractivity contribution in [3.05, 3.63) is 66.6 Å². The number of amides is 1. The minimum absolute atomic E-state index is 0.159. The number of hydrogen-bond acceptors (Lipinski definition) is 9. The van der Waals surface area contributed by atoms with Gasteiger partial charge in [-0.3, -0.25) is 14.5 Å². The van der Waals surface area contributed by atoms with Gasteiger partial charge in [-0.2, -0.15) is 5.10 Å². The number of aryl methyl sites for hydroxylation is 1. The number of carbonyl (C=O) groups excluding carboxylic acids is 1. The third kappa shape index (κ3) is 7.94. The number of rotatable bonds is 16. The molecule has 1 unspecified atom stereocenters. The van der Waals surface area contributed by atoms with Gasteiger partial charge >= 0.3 is 0 Å². The smallest absolute Gasteiger partial charge is 0.247 e. The molecule has 11 heteroatoms. The monoisotopic (exact) mass is 588 g/mol. The molecule has 0 saturated carbocycles. The van der Waals surface area contributed by atoms with E-state index < -0.39 is 0 Å². The van der Waals surface area contributed by atoms with Gasteiger partial charge < -0.3 is 36.0 Å². The molecule has 0 bridgehead atoms. The lowest BCUT2D eigenvalue weighted by atomic mass is 10.1. The van der Waals surface area contributed by atoms with Crippen molar-refractivity contribution in [3.8, 4) is 5.75 Å². The van der Waals surface area contributed by atoms with Gasteiger partial charge in [0.25, 0.3) is 0 Å². The molecule has 11 nitrogen and oxygen atoms in total. The molecule has 0 spiro atoms. The summed E-state index contributed by atoms with van der Waals surface area (Å²) in [6, 6.07) is 10.3. The highest BCUT2D eigenvalue weighted by Gasteiger charge is 2.19. The van der Waals surface area contributed by atoms with Gasteiger partial charge in [0.1, 0.15) is 18.2 Å². The van der Waals surface area contributed by atoms with E-state index in [4.69, 9.17) is 4.74 Å². The minimum Gasteiger partial charge on any atom is -0.494 e. The second-order valence-electron chi connectivity index (χ2n) is 10.4. The first-order valence-corrected chi connectivity index (χ1v) is 14.8.